The van der Waals surface area contributed by atoms with Gasteiger partial charge in [0.05, 0.1) is 0 Å². The molecule has 0 N–H and O–H groups in total. The Bertz CT molecular complexity index is 130. The predicted octanol–water partition coefficient (Wildman–Crippen LogP) is 3.61. The molecule has 0 nitrogen and oxygen atoms in total. The Kier molecular flexibility index (Phi) is 1.74. The van der Waals surface area contributed by atoms with Crippen LogP contribution in [0.4, 0.5) is 0 Å². The molecule has 0 bridgehead atoms. The highest BCUT2D eigenvalue weighted by Crippen LogP contribution is 2.56. The van der Waals surface area contributed by atoms with Crippen molar-refractivity contribution in [1.29, 1.82) is 0 Å². The normalized spacial score (nSPS) is 50.7. The second kappa shape index (κ2) is 2.50. The van der Waals surface area contributed by atoms with Crippen molar-refractivity contribution in [3.8, 4) is 0 Å². The molecule has 0 aliphatic heterocycles. The molecule has 0 heteroatoms. The Hall–Kier alpha value is 0. The van der Waals surface area contributed by atoms with E-state index in [-0.39, 0.29) is 0 Å². The van der Waals surface area contributed by atoms with E-state index in [1.54, 1.807) is 0 Å². The van der Waals surface area contributed by atoms with Crippen LogP contribution in [-0.2, 0) is 0 Å². The molecule has 0 aromatic rings. The molecule has 2 rings (SSSR count). The molecular formula is C11H20. The first-order valence-electron chi connectivity index (χ1n) is 5.26. The molecule has 2 aliphatic rings. The largest absolute Gasteiger partial charge is 0.0620 e. The first-order chi connectivity index (χ1) is 5.26. The van der Waals surface area contributed by atoms with E-state index in [4.69, 9.17) is 0 Å². The SMILES string of the molecule is CC1CCCC12CCCC2C. The summed E-state index contributed by atoms with van der Waals surface area (Å²) < 4.78 is 0. The lowest BCUT2D eigenvalue weighted by Gasteiger charge is -2.33. The van der Waals surface area contributed by atoms with Crippen LogP contribution in [0.2, 0.25) is 0 Å². The van der Waals surface area contributed by atoms with Crippen molar-refractivity contribution in [2.24, 2.45) is 17.3 Å². The molecule has 0 amide bonds. The van der Waals surface area contributed by atoms with Crippen LogP contribution in [0.3, 0.4) is 0 Å². The van der Waals surface area contributed by atoms with Gasteiger partial charge in [-0.25, -0.2) is 0 Å². The van der Waals surface area contributed by atoms with Gasteiger partial charge in [0, 0.05) is 0 Å². The highest BCUT2D eigenvalue weighted by atomic mass is 14.5. The van der Waals surface area contributed by atoms with E-state index in [1.807, 2.05) is 0 Å². The molecule has 0 heterocycles. The molecule has 0 aromatic heterocycles. The van der Waals surface area contributed by atoms with Crippen LogP contribution in [0.25, 0.3) is 0 Å². The Morgan fingerprint density at radius 2 is 1.36 bits per heavy atom. The van der Waals surface area contributed by atoms with Crippen molar-refractivity contribution in [2.45, 2.75) is 52.4 Å². The highest BCUT2D eigenvalue weighted by molar-refractivity contribution is 4.96. The van der Waals surface area contributed by atoms with Crippen molar-refractivity contribution < 1.29 is 0 Å². The fourth-order valence-electron chi connectivity index (χ4n) is 3.65. The minimum Gasteiger partial charge on any atom is -0.0620 e. The fourth-order valence-corrected chi connectivity index (χ4v) is 3.65. The zero-order chi connectivity index (χ0) is 7.90. The molecule has 64 valence electrons. The lowest BCUT2D eigenvalue weighted by molar-refractivity contribution is 0.156. The summed E-state index contributed by atoms with van der Waals surface area (Å²) >= 11 is 0. The average Bonchev–Trinajstić information content (AvgIpc) is 2.48. The monoisotopic (exact) mass is 152 g/mol. The summed E-state index contributed by atoms with van der Waals surface area (Å²) in [6.45, 7) is 4.96. The van der Waals surface area contributed by atoms with E-state index in [0.29, 0.717) is 0 Å². The standard InChI is InChI=1S/C11H20/c1-9-5-3-7-11(9)8-4-6-10(11)2/h9-10H,3-8H2,1-2H3. The van der Waals surface area contributed by atoms with Crippen LogP contribution in [0, 0.1) is 17.3 Å². The first-order valence-corrected chi connectivity index (χ1v) is 5.26. The van der Waals surface area contributed by atoms with Crippen LogP contribution in [-0.4, -0.2) is 0 Å². The Labute approximate surface area is 70.4 Å². The summed E-state index contributed by atoms with van der Waals surface area (Å²) in [6, 6.07) is 0. The van der Waals surface area contributed by atoms with E-state index in [9.17, 15) is 0 Å². The lowest BCUT2D eigenvalue weighted by atomic mass is 9.71. The van der Waals surface area contributed by atoms with E-state index in [1.165, 1.54) is 38.5 Å². The average molecular weight is 152 g/mol. The first kappa shape index (κ1) is 7.64. The molecule has 2 aliphatic carbocycles. The summed E-state index contributed by atoms with van der Waals surface area (Å²) in [6.07, 6.45) is 9.09. The minimum atomic E-state index is 0.806. The van der Waals surface area contributed by atoms with Gasteiger partial charge in [0.1, 0.15) is 0 Å². The quantitative estimate of drug-likeness (QED) is 0.497. The van der Waals surface area contributed by atoms with E-state index in [0.717, 1.165) is 17.3 Å². The van der Waals surface area contributed by atoms with Gasteiger partial charge >= 0.3 is 0 Å². The van der Waals surface area contributed by atoms with Crippen molar-refractivity contribution in [3.05, 3.63) is 0 Å². The third-order valence-corrected chi connectivity index (χ3v) is 4.52. The van der Waals surface area contributed by atoms with Gasteiger partial charge in [-0.1, -0.05) is 39.5 Å². The topological polar surface area (TPSA) is 0 Å². The lowest BCUT2D eigenvalue weighted by Crippen LogP contribution is -2.26. The van der Waals surface area contributed by atoms with Crippen molar-refractivity contribution in [1.82, 2.24) is 0 Å². The smallest absolute Gasteiger partial charge is 0.0246 e. The summed E-state index contributed by atoms with van der Waals surface area (Å²) in [5.41, 5.74) is 0.806. The van der Waals surface area contributed by atoms with E-state index >= 15 is 0 Å². The van der Waals surface area contributed by atoms with Gasteiger partial charge in [0.15, 0.2) is 0 Å². The van der Waals surface area contributed by atoms with E-state index < -0.39 is 0 Å². The Morgan fingerprint density at radius 1 is 0.909 bits per heavy atom. The van der Waals surface area contributed by atoms with Gasteiger partial charge in [0.2, 0.25) is 0 Å². The zero-order valence-electron chi connectivity index (χ0n) is 7.90. The molecule has 11 heavy (non-hydrogen) atoms. The van der Waals surface area contributed by atoms with Crippen molar-refractivity contribution >= 4 is 0 Å². The van der Waals surface area contributed by atoms with Gasteiger partial charge < -0.3 is 0 Å². The van der Waals surface area contributed by atoms with Crippen LogP contribution in [0.1, 0.15) is 52.4 Å². The summed E-state index contributed by atoms with van der Waals surface area (Å²) in [5, 5.41) is 0. The molecule has 0 radical (unpaired) electrons. The molecule has 2 saturated carbocycles. The summed E-state index contributed by atoms with van der Waals surface area (Å²) in [5.74, 6) is 2.06. The third kappa shape index (κ3) is 0.947. The Balaban J connectivity index is 2.19. The minimum absolute atomic E-state index is 0.806. The Morgan fingerprint density at radius 3 is 1.64 bits per heavy atom. The van der Waals surface area contributed by atoms with Gasteiger partial charge in [-0.3, -0.25) is 0 Å². The number of hydrogen-bond acceptors (Lipinski definition) is 0. The third-order valence-electron chi connectivity index (χ3n) is 4.52. The number of hydrogen-bond donors (Lipinski definition) is 0. The summed E-state index contributed by atoms with van der Waals surface area (Å²) in [7, 11) is 0. The van der Waals surface area contributed by atoms with E-state index in [2.05, 4.69) is 13.8 Å². The van der Waals surface area contributed by atoms with Gasteiger partial charge in [-0.05, 0) is 30.1 Å². The van der Waals surface area contributed by atoms with Gasteiger partial charge in [-0.15, -0.1) is 0 Å². The molecule has 0 aromatic carbocycles. The van der Waals surface area contributed by atoms with Crippen molar-refractivity contribution in [2.75, 3.05) is 0 Å². The molecule has 2 fully saturated rings. The number of rotatable bonds is 0. The second-order valence-corrected chi connectivity index (χ2v) is 4.82. The van der Waals surface area contributed by atoms with Crippen LogP contribution in [0.15, 0.2) is 0 Å². The maximum Gasteiger partial charge on any atom is -0.0246 e. The summed E-state index contributed by atoms with van der Waals surface area (Å²) in [4.78, 5) is 0. The maximum absolute atomic E-state index is 2.48. The van der Waals surface area contributed by atoms with Gasteiger partial charge in [0.25, 0.3) is 0 Å². The van der Waals surface area contributed by atoms with Crippen LogP contribution < -0.4 is 0 Å². The van der Waals surface area contributed by atoms with Crippen molar-refractivity contribution in [3.63, 3.8) is 0 Å². The second-order valence-electron chi connectivity index (χ2n) is 4.82. The molecular weight excluding hydrogens is 132 g/mol. The maximum atomic E-state index is 2.48. The molecule has 0 saturated heterocycles. The van der Waals surface area contributed by atoms with Crippen LogP contribution >= 0.6 is 0 Å². The predicted molar refractivity (Wildman–Crippen MR) is 48.5 cm³/mol. The van der Waals surface area contributed by atoms with Gasteiger partial charge in [-0.2, -0.15) is 0 Å². The molecule has 2 unspecified atom stereocenters. The molecule has 2 atom stereocenters. The highest BCUT2D eigenvalue weighted by Gasteiger charge is 2.46. The van der Waals surface area contributed by atoms with Crippen LogP contribution in [0.5, 0.6) is 0 Å². The zero-order valence-corrected chi connectivity index (χ0v) is 7.90. The molecule has 1 spiro atoms. The fraction of sp³-hybridized carbons (Fsp3) is 1.00.